The van der Waals surface area contributed by atoms with Crippen LogP contribution in [-0.2, 0) is 6.54 Å². The van der Waals surface area contributed by atoms with Crippen molar-refractivity contribution in [2.45, 2.75) is 64.0 Å². The van der Waals surface area contributed by atoms with Gasteiger partial charge in [-0.15, -0.1) is 12.4 Å². The third-order valence-corrected chi connectivity index (χ3v) is 5.77. The first-order valence-electron chi connectivity index (χ1n) is 10.5. The number of benzene rings is 2. The summed E-state index contributed by atoms with van der Waals surface area (Å²) in [4.78, 5) is 4.91. The first kappa shape index (κ1) is 21.7. The summed E-state index contributed by atoms with van der Waals surface area (Å²) in [6.07, 6.45) is 4.34. The molecule has 0 aliphatic heterocycles. The van der Waals surface area contributed by atoms with Gasteiger partial charge < -0.3 is 14.4 Å². The minimum Gasteiger partial charge on any atom is -0.491 e. The topological polar surface area (TPSA) is 47.3 Å². The molecule has 5 heteroatoms. The van der Waals surface area contributed by atoms with Crippen LogP contribution in [0.1, 0.15) is 62.8 Å². The molecule has 4 rings (SSSR count). The zero-order valence-corrected chi connectivity index (χ0v) is 18.1. The van der Waals surface area contributed by atoms with Crippen LogP contribution >= 0.6 is 12.4 Å². The molecule has 1 aliphatic rings. The molecular weight excluding hydrogens is 384 g/mol. The zero-order valence-electron chi connectivity index (χ0n) is 17.3. The molecule has 0 spiro atoms. The molecule has 156 valence electrons. The Morgan fingerprint density at radius 3 is 2.52 bits per heavy atom. The standard InChI is InChI=1S/C24H30N2O2.ClH/c1-17(2)20-11-5-8-14-23(20)28-16-19(27)15-26-22-13-7-6-12-21(22)25-24(26)18-9-3-4-10-18;/h5-8,11-14,17-19,27H,3-4,9-10,15-16H2,1-2H3;1H. The molecule has 1 saturated carbocycles. The predicted octanol–water partition coefficient (Wildman–Crippen LogP) is 5.68. The van der Waals surface area contributed by atoms with E-state index in [1.165, 1.54) is 31.2 Å². The van der Waals surface area contributed by atoms with E-state index in [9.17, 15) is 5.11 Å². The van der Waals surface area contributed by atoms with Crippen molar-refractivity contribution in [3.63, 3.8) is 0 Å². The number of hydrogen-bond donors (Lipinski definition) is 1. The van der Waals surface area contributed by atoms with Crippen LogP contribution in [0.5, 0.6) is 5.75 Å². The number of aromatic nitrogens is 2. The van der Waals surface area contributed by atoms with Crippen LogP contribution in [-0.4, -0.2) is 27.4 Å². The second kappa shape index (κ2) is 9.64. The first-order valence-corrected chi connectivity index (χ1v) is 10.5. The fourth-order valence-electron chi connectivity index (χ4n) is 4.32. The number of hydrogen-bond acceptors (Lipinski definition) is 3. The van der Waals surface area contributed by atoms with Gasteiger partial charge in [0.1, 0.15) is 24.3 Å². The van der Waals surface area contributed by atoms with E-state index in [-0.39, 0.29) is 19.0 Å². The number of fused-ring (bicyclic) bond motifs is 1. The molecule has 4 nitrogen and oxygen atoms in total. The van der Waals surface area contributed by atoms with Crippen molar-refractivity contribution in [1.29, 1.82) is 0 Å². The molecule has 29 heavy (non-hydrogen) atoms. The van der Waals surface area contributed by atoms with E-state index < -0.39 is 6.10 Å². The molecule has 0 radical (unpaired) electrons. The monoisotopic (exact) mass is 414 g/mol. The summed E-state index contributed by atoms with van der Waals surface area (Å²) in [5.74, 6) is 2.88. The second-order valence-corrected chi connectivity index (χ2v) is 8.21. The molecular formula is C24H31ClN2O2. The number of aliphatic hydroxyl groups excluding tert-OH is 1. The van der Waals surface area contributed by atoms with Crippen LogP contribution in [0.25, 0.3) is 11.0 Å². The minimum absolute atomic E-state index is 0. The van der Waals surface area contributed by atoms with Crippen molar-refractivity contribution < 1.29 is 9.84 Å². The van der Waals surface area contributed by atoms with E-state index >= 15 is 0 Å². The number of para-hydroxylation sites is 3. The zero-order chi connectivity index (χ0) is 19.5. The smallest absolute Gasteiger partial charge is 0.122 e. The fraction of sp³-hybridized carbons (Fsp3) is 0.458. The molecule has 3 aromatic rings. The first-order chi connectivity index (χ1) is 13.6. The van der Waals surface area contributed by atoms with Crippen LogP contribution in [0.15, 0.2) is 48.5 Å². The molecule has 1 N–H and O–H groups in total. The van der Waals surface area contributed by atoms with E-state index in [1.54, 1.807) is 0 Å². The van der Waals surface area contributed by atoms with Crippen LogP contribution < -0.4 is 4.74 Å². The van der Waals surface area contributed by atoms with Crippen molar-refractivity contribution in [1.82, 2.24) is 9.55 Å². The molecule has 1 atom stereocenters. The van der Waals surface area contributed by atoms with Crippen molar-refractivity contribution in [2.75, 3.05) is 6.61 Å². The van der Waals surface area contributed by atoms with E-state index in [4.69, 9.17) is 9.72 Å². The highest BCUT2D eigenvalue weighted by atomic mass is 35.5. The Labute approximate surface area is 179 Å². The molecule has 1 heterocycles. The van der Waals surface area contributed by atoms with Crippen LogP contribution in [0.4, 0.5) is 0 Å². The molecule has 1 unspecified atom stereocenters. The van der Waals surface area contributed by atoms with Gasteiger partial charge in [-0.25, -0.2) is 4.98 Å². The Balaban J connectivity index is 0.00000240. The third kappa shape index (κ3) is 4.76. The average molecular weight is 415 g/mol. The summed E-state index contributed by atoms with van der Waals surface area (Å²) >= 11 is 0. The van der Waals surface area contributed by atoms with E-state index in [0.717, 1.165) is 22.6 Å². The van der Waals surface area contributed by atoms with Gasteiger partial charge in [0, 0.05) is 5.92 Å². The van der Waals surface area contributed by atoms with Crippen LogP contribution in [0, 0.1) is 0 Å². The minimum atomic E-state index is -0.585. The largest absolute Gasteiger partial charge is 0.491 e. The quantitative estimate of drug-likeness (QED) is 0.541. The summed E-state index contributed by atoms with van der Waals surface area (Å²) in [7, 11) is 0. The molecule has 0 amide bonds. The normalized spacial score (nSPS) is 15.6. The number of rotatable bonds is 7. The lowest BCUT2D eigenvalue weighted by Crippen LogP contribution is -2.25. The lowest BCUT2D eigenvalue weighted by Gasteiger charge is -2.19. The highest BCUT2D eigenvalue weighted by Gasteiger charge is 2.24. The maximum Gasteiger partial charge on any atom is 0.122 e. The summed E-state index contributed by atoms with van der Waals surface area (Å²) < 4.78 is 8.22. The van der Waals surface area contributed by atoms with Gasteiger partial charge in [0.2, 0.25) is 0 Å². The van der Waals surface area contributed by atoms with Crippen molar-refractivity contribution in [3.8, 4) is 5.75 Å². The second-order valence-electron chi connectivity index (χ2n) is 8.21. The summed E-state index contributed by atoms with van der Waals surface area (Å²) in [6, 6.07) is 16.3. The molecule has 2 aromatic carbocycles. The number of nitrogens with zero attached hydrogens (tertiary/aromatic N) is 2. The molecule has 1 aromatic heterocycles. The highest BCUT2D eigenvalue weighted by Crippen LogP contribution is 2.35. The molecule has 0 bridgehead atoms. The average Bonchev–Trinajstić information content (AvgIpc) is 3.35. The fourth-order valence-corrected chi connectivity index (χ4v) is 4.32. The maximum absolute atomic E-state index is 10.8. The van der Waals surface area contributed by atoms with E-state index in [2.05, 4.69) is 36.6 Å². The van der Waals surface area contributed by atoms with Gasteiger partial charge in [-0.2, -0.15) is 0 Å². The van der Waals surface area contributed by atoms with Gasteiger partial charge in [-0.1, -0.05) is 57.0 Å². The Morgan fingerprint density at radius 1 is 1.07 bits per heavy atom. The molecule has 1 aliphatic carbocycles. The Hall–Kier alpha value is -2.04. The Morgan fingerprint density at radius 2 is 1.76 bits per heavy atom. The van der Waals surface area contributed by atoms with Gasteiger partial charge >= 0.3 is 0 Å². The van der Waals surface area contributed by atoms with Gasteiger partial charge in [0.05, 0.1) is 17.6 Å². The van der Waals surface area contributed by atoms with E-state index in [1.807, 2.05) is 30.3 Å². The Bertz CT molecular complexity index is 932. The van der Waals surface area contributed by atoms with Crippen molar-refractivity contribution in [3.05, 3.63) is 59.9 Å². The molecule has 0 saturated heterocycles. The SMILES string of the molecule is CC(C)c1ccccc1OCC(O)Cn1c(C2CCCC2)nc2ccccc21.Cl. The van der Waals surface area contributed by atoms with Crippen LogP contribution in [0.2, 0.25) is 0 Å². The van der Waals surface area contributed by atoms with Crippen LogP contribution in [0.3, 0.4) is 0 Å². The lowest BCUT2D eigenvalue weighted by molar-refractivity contribution is 0.0918. The van der Waals surface area contributed by atoms with Gasteiger partial charge in [-0.3, -0.25) is 0 Å². The highest BCUT2D eigenvalue weighted by molar-refractivity contribution is 5.85. The van der Waals surface area contributed by atoms with Gasteiger partial charge in [-0.05, 0) is 42.5 Å². The van der Waals surface area contributed by atoms with Crippen molar-refractivity contribution in [2.24, 2.45) is 0 Å². The van der Waals surface area contributed by atoms with Gasteiger partial charge in [0.15, 0.2) is 0 Å². The summed E-state index contributed by atoms with van der Waals surface area (Å²) in [5, 5.41) is 10.8. The van der Waals surface area contributed by atoms with E-state index in [0.29, 0.717) is 18.4 Å². The predicted molar refractivity (Wildman–Crippen MR) is 120 cm³/mol. The number of ether oxygens (including phenoxy) is 1. The Kier molecular flexibility index (Phi) is 7.20. The number of aliphatic hydroxyl groups is 1. The third-order valence-electron chi connectivity index (χ3n) is 5.77. The van der Waals surface area contributed by atoms with Gasteiger partial charge in [0.25, 0.3) is 0 Å². The maximum atomic E-state index is 10.8. The summed E-state index contributed by atoms with van der Waals surface area (Å²) in [5.41, 5.74) is 3.29. The summed E-state index contributed by atoms with van der Waals surface area (Å²) in [6.45, 7) is 5.10. The number of halogens is 1. The van der Waals surface area contributed by atoms with Crippen molar-refractivity contribution >= 4 is 23.4 Å². The lowest BCUT2D eigenvalue weighted by atomic mass is 10.0. The molecule has 1 fully saturated rings. The number of imidazole rings is 1.